The van der Waals surface area contributed by atoms with Crippen molar-refractivity contribution in [3.8, 4) is 0 Å². The summed E-state index contributed by atoms with van der Waals surface area (Å²) in [6.45, 7) is 4.21. The van der Waals surface area contributed by atoms with Crippen molar-refractivity contribution < 1.29 is 4.79 Å². The lowest BCUT2D eigenvalue weighted by molar-refractivity contribution is -0.107. The van der Waals surface area contributed by atoms with Gasteiger partial charge in [-0.15, -0.1) is 11.8 Å². The summed E-state index contributed by atoms with van der Waals surface area (Å²) in [5.41, 5.74) is 3.76. The lowest BCUT2D eigenvalue weighted by Gasteiger charge is -2.11. The molecule has 0 amide bonds. The molecule has 0 fully saturated rings. The fourth-order valence-electron chi connectivity index (χ4n) is 1.93. The van der Waals surface area contributed by atoms with E-state index in [1.165, 1.54) is 16.7 Å². The Bertz CT molecular complexity index is 548. The number of hydrogen-bond donors (Lipinski definition) is 0. The molecule has 1 unspecified atom stereocenters. The zero-order valence-electron chi connectivity index (χ0n) is 11.3. The summed E-state index contributed by atoms with van der Waals surface area (Å²) < 4.78 is 0. The Morgan fingerprint density at radius 2 is 1.79 bits per heavy atom. The minimum Gasteiger partial charge on any atom is -0.302 e. The van der Waals surface area contributed by atoms with Crippen molar-refractivity contribution in [1.29, 1.82) is 0 Å². The van der Waals surface area contributed by atoms with Crippen molar-refractivity contribution in [3.05, 3.63) is 65.2 Å². The first-order valence-electron chi connectivity index (χ1n) is 6.42. The predicted octanol–water partition coefficient (Wildman–Crippen LogP) is 4.21. The van der Waals surface area contributed by atoms with Crippen LogP contribution in [-0.2, 0) is 11.2 Å². The second-order valence-electron chi connectivity index (χ2n) is 4.73. The van der Waals surface area contributed by atoms with Crippen molar-refractivity contribution in [2.75, 3.05) is 0 Å². The Kier molecular flexibility index (Phi) is 4.80. The molecule has 2 aromatic rings. The van der Waals surface area contributed by atoms with Gasteiger partial charge >= 0.3 is 0 Å². The molecule has 0 N–H and O–H groups in total. The number of thioether (sulfide) groups is 1. The molecule has 0 aliphatic carbocycles. The molecular formula is C17H18OS. The summed E-state index contributed by atoms with van der Waals surface area (Å²) in [4.78, 5) is 12.4. The van der Waals surface area contributed by atoms with E-state index in [4.69, 9.17) is 0 Å². The van der Waals surface area contributed by atoms with Crippen molar-refractivity contribution >= 4 is 18.0 Å². The molecule has 2 aromatic carbocycles. The third kappa shape index (κ3) is 3.97. The fraction of sp³-hybridized carbons (Fsp3) is 0.235. The maximum atomic E-state index is 11.2. The highest BCUT2D eigenvalue weighted by atomic mass is 32.2. The third-order valence-electron chi connectivity index (χ3n) is 3.20. The smallest absolute Gasteiger partial charge is 0.133 e. The van der Waals surface area contributed by atoms with E-state index < -0.39 is 0 Å². The third-order valence-corrected chi connectivity index (χ3v) is 4.30. The minimum absolute atomic E-state index is 0.0236. The highest BCUT2D eigenvalue weighted by Gasteiger charge is 2.10. The molecule has 1 nitrogen and oxygen atoms in total. The van der Waals surface area contributed by atoms with Gasteiger partial charge in [-0.2, -0.15) is 0 Å². The Morgan fingerprint density at radius 3 is 2.42 bits per heavy atom. The second-order valence-corrected chi connectivity index (χ2v) is 6.04. The fourth-order valence-corrected chi connectivity index (χ4v) is 3.00. The van der Waals surface area contributed by atoms with E-state index >= 15 is 0 Å². The average Bonchev–Trinajstić information content (AvgIpc) is 2.43. The number of carbonyl (C=O) groups excluding carboxylic acids is 1. The molecule has 0 bridgehead atoms. The van der Waals surface area contributed by atoms with Crippen molar-refractivity contribution in [2.45, 2.75) is 30.4 Å². The van der Waals surface area contributed by atoms with Gasteiger partial charge in [0.15, 0.2) is 0 Å². The lowest BCUT2D eigenvalue weighted by atomic mass is 10.1. The highest BCUT2D eigenvalue weighted by molar-refractivity contribution is 8.00. The van der Waals surface area contributed by atoms with Crippen molar-refractivity contribution in [3.63, 3.8) is 0 Å². The van der Waals surface area contributed by atoms with Crippen LogP contribution in [0.2, 0.25) is 0 Å². The molecular weight excluding hydrogens is 252 g/mol. The molecule has 19 heavy (non-hydrogen) atoms. The second kappa shape index (κ2) is 6.58. The zero-order valence-corrected chi connectivity index (χ0v) is 12.1. The van der Waals surface area contributed by atoms with Crippen LogP contribution in [0.25, 0.3) is 0 Å². The van der Waals surface area contributed by atoms with Gasteiger partial charge in [-0.25, -0.2) is 0 Å². The summed E-state index contributed by atoms with van der Waals surface area (Å²) >= 11 is 1.64. The number of hydrogen-bond acceptors (Lipinski definition) is 2. The molecule has 0 saturated carbocycles. The zero-order chi connectivity index (χ0) is 13.7. The number of aldehydes is 1. The average molecular weight is 270 g/mol. The van der Waals surface area contributed by atoms with Gasteiger partial charge in [0, 0.05) is 4.90 Å². The molecule has 0 radical (unpaired) electrons. The Hall–Kier alpha value is -1.54. The maximum Gasteiger partial charge on any atom is 0.133 e. The molecule has 2 heteroatoms. The molecule has 2 rings (SSSR count). The summed E-state index contributed by atoms with van der Waals surface area (Å²) in [5.74, 6) is 0. The van der Waals surface area contributed by atoms with Crippen LogP contribution < -0.4 is 0 Å². The summed E-state index contributed by atoms with van der Waals surface area (Å²) in [7, 11) is 0. The van der Waals surface area contributed by atoms with Crippen LogP contribution in [0.15, 0.2) is 53.4 Å². The monoisotopic (exact) mass is 270 g/mol. The number of benzene rings is 2. The van der Waals surface area contributed by atoms with Crippen molar-refractivity contribution in [2.24, 2.45) is 0 Å². The van der Waals surface area contributed by atoms with Crippen LogP contribution in [0.3, 0.4) is 0 Å². The van der Waals surface area contributed by atoms with E-state index in [0.717, 1.165) is 17.6 Å². The Balaban J connectivity index is 2.06. The van der Waals surface area contributed by atoms with E-state index in [2.05, 4.69) is 44.2 Å². The normalized spacial score (nSPS) is 12.1. The van der Waals surface area contributed by atoms with E-state index in [9.17, 15) is 4.79 Å². The number of aryl methyl sites for hydroxylation is 2. The Morgan fingerprint density at radius 1 is 1.05 bits per heavy atom. The first kappa shape index (κ1) is 13.9. The van der Waals surface area contributed by atoms with Crippen molar-refractivity contribution in [1.82, 2.24) is 0 Å². The molecule has 0 aliphatic heterocycles. The molecule has 1 atom stereocenters. The molecule has 0 aliphatic rings. The number of carbonyl (C=O) groups is 1. The van der Waals surface area contributed by atoms with E-state index in [0.29, 0.717) is 0 Å². The van der Waals surface area contributed by atoms with E-state index in [-0.39, 0.29) is 5.25 Å². The molecule has 0 aromatic heterocycles. The lowest BCUT2D eigenvalue weighted by Crippen LogP contribution is -2.08. The maximum absolute atomic E-state index is 11.2. The molecule has 0 heterocycles. The minimum atomic E-state index is -0.0236. The van der Waals surface area contributed by atoms with Crippen LogP contribution in [0, 0.1) is 13.8 Å². The SMILES string of the molecule is Cc1ccc(SC(C=O)Cc2ccccc2)cc1C. The van der Waals surface area contributed by atoms with Gasteiger partial charge in [0.25, 0.3) is 0 Å². The van der Waals surface area contributed by atoms with Gasteiger partial charge in [-0.1, -0.05) is 36.4 Å². The quantitative estimate of drug-likeness (QED) is 0.598. The van der Waals surface area contributed by atoms with E-state index in [1.54, 1.807) is 11.8 Å². The topological polar surface area (TPSA) is 17.1 Å². The standard InChI is InChI=1S/C17H18OS/c1-13-8-9-16(10-14(13)2)19-17(12-18)11-15-6-4-3-5-7-15/h3-10,12,17H,11H2,1-2H3. The van der Waals surface area contributed by atoms with Crippen LogP contribution in [0.5, 0.6) is 0 Å². The summed E-state index contributed by atoms with van der Waals surface area (Å²) in [5, 5.41) is -0.0236. The summed E-state index contributed by atoms with van der Waals surface area (Å²) in [6.07, 6.45) is 1.83. The van der Waals surface area contributed by atoms with Gasteiger partial charge in [0.05, 0.1) is 5.25 Å². The molecule has 98 valence electrons. The van der Waals surface area contributed by atoms with Crippen LogP contribution in [0.1, 0.15) is 16.7 Å². The van der Waals surface area contributed by atoms with Gasteiger partial charge in [0.2, 0.25) is 0 Å². The van der Waals surface area contributed by atoms with Gasteiger partial charge in [-0.05, 0) is 49.1 Å². The first-order chi connectivity index (χ1) is 9.19. The molecule has 0 spiro atoms. The summed E-state index contributed by atoms with van der Waals surface area (Å²) in [6, 6.07) is 16.5. The number of rotatable bonds is 5. The van der Waals surface area contributed by atoms with Gasteiger partial charge < -0.3 is 4.79 Å². The predicted molar refractivity (Wildman–Crippen MR) is 81.8 cm³/mol. The Labute approximate surface area is 119 Å². The van der Waals surface area contributed by atoms with Gasteiger partial charge in [0.1, 0.15) is 6.29 Å². The largest absolute Gasteiger partial charge is 0.302 e. The van der Waals surface area contributed by atoms with E-state index in [1.807, 2.05) is 18.2 Å². The highest BCUT2D eigenvalue weighted by Crippen LogP contribution is 2.26. The van der Waals surface area contributed by atoms with Crippen LogP contribution in [-0.4, -0.2) is 11.5 Å². The first-order valence-corrected chi connectivity index (χ1v) is 7.30. The van der Waals surface area contributed by atoms with Gasteiger partial charge in [-0.3, -0.25) is 0 Å². The van der Waals surface area contributed by atoms with Crippen LogP contribution >= 0.6 is 11.8 Å². The molecule has 0 saturated heterocycles. The van der Waals surface area contributed by atoms with Crippen LogP contribution in [0.4, 0.5) is 0 Å².